The van der Waals surface area contributed by atoms with Gasteiger partial charge in [-0.2, -0.15) is 0 Å². The number of ether oxygens (including phenoxy) is 1. The van der Waals surface area contributed by atoms with E-state index in [4.69, 9.17) is 4.74 Å². The number of carbonyl (C=O) groups is 1. The fourth-order valence-corrected chi connectivity index (χ4v) is 1.88. The molecule has 0 spiro atoms. The van der Waals surface area contributed by atoms with Gasteiger partial charge in [0.25, 0.3) is 0 Å². The molecular weight excluding hydrogens is 224 g/mol. The Hall–Kier alpha value is -0.790. The van der Waals surface area contributed by atoms with E-state index < -0.39 is 0 Å². The molecule has 18 heavy (non-hydrogen) atoms. The van der Waals surface area contributed by atoms with E-state index in [1.807, 2.05) is 6.08 Å². The van der Waals surface area contributed by atoms with Gasteiger partial charge in [-0.1, -0.05) is 51.5 Å². The molecule has 0 atom stereocenters. The van der Waals surface area contributed by atoms with Gasteiger partial charge in [-0.25, -0.2) is 0 Å². The van der Waals surface area contributed by atoms with Gasteiger partial charge in [-0.3, -0.25) is 4.79 Å². The zero-order valence-electron chi connectivity index (χ0n) is 12.1. The number of unbranched alkanes of at least 4 members (excludes halogenated alkanes) is 8. The van der Waals surface area contributed by atoms with E-state index >= 15 is 0 Å². The van der Waals surface area contributed by atoms with Crippen molar-refractivity contribution >= 4 is 5.97 Å². The predicted octanol–water partition coefficient (Wildman–Crippen LogP) is 5.03. The molecule has 0 amide bonds. The van der Waals surface area contributed by atoms with Crippen LogP contribution in [0.3, 0.4) is 0 Å². The summed E-state index contributed by atoms with van der Waals surface area (Å²) in [7, 11) is 0. The molecule has 0 radical (unpaired) electrons. The third-order valence-electron chi connectivity index (χ3n) is 3.05. The SMILES string of the molecule is C=CCCCCCCCCOC(=O)CCCCC. The van der Waals surface area contributed by atoms with Crippen LogP contribution in [0.15, 0.2) is 12.7 Å². The van der Waals surface area contributed by atoms with Crippen LogP contribution in [0.1, 0.15) is 77.6 Å². The standard InChI is InChI=1S/C16H30O2/c1-3-5-7-8-9-10-11-13-15-18-16(17)14-12-6-4-2/h3H,1,4-15H2,2H3. The van der Waals surface area contributed by atoms with Crippen LogP contribution in [0.25, 0.3) is 0 Å². The number of esters is 1. The highest BCUT2D eigenvalue weighted by Gasteiger charge is 2.01. The summed E-state index contributed by atoms with van der Waals surface area (Å²) in [6, 6.07) is 0. The minimum absolute atomic E-state index is 0.0190. The Balaban J connectivity index is 3.10. The molecule has 0 bridgehead atoms. The second-order valence-corrected chi connectivity index (χ2v) is 4.88. The summed E-state index contributed by atoms with van der Waals surface area (Å²) in [5.74, 6) is -0.0190. The average molecular weight is 254 g/mol. The summed E-state index contributed by atoms with van der Waals surface area (Å²) >= 11 is 0. The van der Waals surface area contributed by atoms with Gasteiger partial charge < -0.3 is 4.74 Å². The molecule has 0 saturated carbocycles. The molecular formula is C16H30O2. The maximum Gasteiger partial charge on any atom is 0.305 e. The van der Waals surface area contributed by atoms with Crippen molar-refractivity contribution in [1.82, 2.24) is 0 Å². The molecule has 0 aromatic carbocycles. The third-order valence-corrected chi connectivity index (χ3v) is 3.05. The van der Waals surface area contributed by atoms with E-state index in [0.717, 1.165) is 32.1 Å². The Bertz CT molecular complexity index is 199. The number of hydrogen-bond donors (Lipinski definition) is 0. The highest BCUT2D eigenvalue weighted by atomic mass is 16.5. The first-order chi connectivity index (χ1) is 8.81. The first-order valence-electron chi connectivity index (χ1n) is 7.57. The van der Waals surface area contributed by atoms with E-state index in [0.29, 0.717) is 13.0 Å². The third kappa shape index (κ3) is 13.3. The molecule has 0 saturated heterocycles. The lowest BCUT2D eigenvalue weighted by molar-refractivity contribution is -0.143. The molecule has 2 heteroatoms. The van der Waals surface area contributed by atoms with Gasteiger partial charge in [0, 0.05) is 6.42 Å². The molecule has 0 unspecified atom stereocenters. The summed E-state index contributed by atoms with van der Waals surface area (Å²) in [6.45, 7) is 6.46. The Labute approximate surface area is 113 Å². The molecule has 0 aliphatic rings. The van der Waals surface area contributed by atoms with Crippen molar-refractivity contribution in [3.63, 3.8) is 0 Å². The summed E-state index contributed by atoms with van der Waals surface area (Å²) in [6.07, 6.45) is 14.2. The lowest BCUT2D eigenvalue weighted by Crippen LogP contribution is -2.05. The Morgan fingerprint density at radius 2 is 1.67 bits per heavy atom. The fourth-order valence-electron chi connectivity index (χ4n) is 1.88. The summed E-state index contributed by atoms with van der Waals surface area (Å²) < 4.78 is 5.18. The molecule has 0 aromatic rings. The Morgan fingerprint density at radius 3 is 2.33 bits per heavy atom. The minimum Gasteiger partial charge on any atom is -0.466 e. The highest BCUT2D eigenvalue weighted by Crippen LogP contribution is 2.08. The second kappa shape index (κ2) is 14.3. The van der Waals surface area contributed by atoms with E-state index in [2.05, 4.69) is 13.5 Å². The zero-order chi connectivity index (χ0) is 13.5. The van der Waals surface area contributed by atoms with E-state index in [1.54, 1.807) is 0 Å². The first kappa shape index (κ1) is 17.2. The van der Waals surface area contributed by atoms with Crippen LogP contribution in [0.2, 0.25) is 0 Å². The predicted molar refractivity (Wildman–Crippen MR) is 77.6 cm³/mol. The van der Waals surface area contributed by atoms with E-state index in [1.165, 1.54) is 32.1 Å². The van der Waals surface area contributed by atoms with Crippen LogP contribution < -0.4 is 0 Å². The Kier molecular flexibility index (Phi) is 13.6. The number of allylic oxidation sites excluding steroid dienone is 1. The summed E-state index contributed by atoms with van der Waals surface area (Å²) in [5, 5.41) is 0. The van der Waals surface area contributed by atoms with Crippen molar-refractivity contribution in [3.05, 3.63) is 12.7 Å². The zero-order valence-corrected chi connectivity index (χ0v) is 12.1. The average Bonchev–Trinajstić information content (AvgIpc) is 2.37. The highest BCUT2D eigenvalue weighted by molar-refractivity contribution is 5.69. The van der Waals surface area contributed by atoms with E-state index in [-0.39, 0.29) is 5.97 Å². The largest absolute Gasteiger partial charge is 0.466 e. The van der Waals surface area contributed by atoms with Crippen LogP contribution >= 0.6 is 0 Å². The monoisotopic (exact) mass is 254 g/mol. The topological polar surface area (TPSA) is 26.3 Å². The maximum absolute atomic E-state index is 11.3. The summed E-state index contributed by atoms with van der Waals surface area (Å²) in [5.41, 5.74) is 0. The van der Waals surface area contributed by atoms with Crippen molar-refractivity contribution in [3.8, 4) is 0 Å². The molecule has 0 fully saturated rings. The van der Waals surface area contributed by atoms with Gasteiger partial charge in [0.15, 0.2) is 0 Å². The van der Waals surface area contributed by atoms with Crippen LogP contribution in [0.4, 0.5) is 0 Å². The van der Waals surface area contributed by atoms with Crippen LogP contribution in [0, 0.1) is 0 Å². The molecule has 0 aliphatic carbocycles. The molecule has 0 N–H and O–H groups in total. The van der Waals surface area contributed by atoms with Crippen LogP contribution in [0.5, 0.6) is 0 Å². The molecule has 0 aliphatic heterocycles. The molecule has 0 heterocycles. The quantitative estimate of drug-likeness (QED) is 0.262. The number of hydrogen-bond acceptors (Lipinski definition) is 2. The van der Waals surface area contributed by atoms with E-state index in [9.17, 15) is 4.79 Å². The number of carbonyl (C=O) groups excluding carboxylic acids is 1. The van der Waals surface area contributed by atoms with Crippen molar-refractivity contribution in [2.45, 2.75) is 77.6 Å². The van der Waals surface area contributed by atoms with Gasteiger partial charge in [-0.05, 0) is 25.7 Å². The normalized spacial score (nSPS) is 10.3. The molecule has 0 rings (SSSR count). The van der Waals surface area contributed by atoms with Crippen molar-refractivity contribution in [2.75, 3.05) is 6.61 Å². The molecule has 0 aromatic heterocycles. The smallest absolute Gasteiger partial charge is 0.305 e. The van der Waals surface area contributed by atoms with Crippen molar-refractivity contribution in [1.29, 1.82) is 0 Å². The molecule has 106 valence electrons. The molecule has 2 nitrogen and oxygen atoms in total. The van der Waals surface area contributed by atoms with Crippen molar-refractivity contribution in [2.24, 2.45) is 0 Å². The lowest BCUT2D eigenvalue weighted by atomic mass is 10.1. The van der Waals surface area contributed by atoms with Crippen LogP contribution in [-0.4, -0.2) is 12.6 Å². The van der Waals surface area contributed by atoms with Gasteiger partial charge in [-0.15, -0.1) is 6.58 Å². The lowest BCUT2D eigenvalue weighted by Gasteiger charge is -2.04. The Morgan fingerprint density at radius 1 is 1.00 bits per heavy atom. The van der Waals surface area contributed by atoms with Gasteiger partial charge in [0.2, 0.25) is 0 Å². The van der Waals surface area contributed by atoms with Crippen molar-refractivity contribution < 1.29 is 9.53 Å². The van der Waals surface area contributed by atoms with Gasteiger partial charge in [0.1, 0.15) is 0 Å². The maximum atomic E-state index is 11.3. The van der Waals surface area contributed by atoms with Crippen LogP contribution in [-0.2, 0) is 9.53 Å². The van der Waals surface area contributed by atoms with Gasteiger partial charge >= 0.3 is 5.97 Å². The number of rotatable bonds is 13. The fraction of sp³-hybridized carbons (Fsp3) is 0.812. The summed E-state index contributed by atoms with van der Waals surface area (Å²) in [4.78, 5) is 11.3. The second-order valence-electron chi connectivity index (χ2n) is 4.88. The minimum atomic E-state index is -0.0190. The first-order valence-corrected chi connectivity index (χ1v) is 7.57. The van der Waals surface area contributed by atoms with Gasteiger partial charge in [0.05, 0.1) is 6.61 Å².